The number of pyridine rings is 1. The second-order valence-electron chi connectivity index (χ2n) is 12.3. The summed E-state index contributed by atoms with van der Waals surface area (Å²) in [5.41, 5.74) is 8.35. The predicted molar refractivity (Wildman–Crippen MR) is 178 cm³/mol. The summed E-state index contributed by atoms with van der Waals surface area (Å²) in [6, 6.07) is 35.2. The van der Waals surface area contributed by atoms with Crippen LogP contribution in [0, 0.1) is 37.3 Å². The van der Waals surface area contributed by atoms with Crippen molar-refractivity contribution in [1.82, 2.24) is 19.1 Å². The van der Waals surface area contributed by atoms with Crippen LogP contribution in [0.15, 0.2) is 97.6 Å². The first-order valence-electron chi connectivity index (χ1n) is 14.9. The van der Waals surface area contributed by atoms with Gasteiger partial charge in [0.1, 0.15) is 5.82 Å². The Bertz CT molecular complexity index is 2260. The number of nitriles is 1. The van der Waals surface area contributed by atoms with Gasteiger partial charge in [-0.25, -0.2) is 4.98 Å². The number of para-hydroxylation sites is 2. The molecule has 0 aliphatic carbocycles. The van der Waals surface area contributed by atoms with Crippen LogP contribution >= 0.6 is 0 Å². The molecule has 7 aromatic rings. The summed E-state index contributed by atoms with van der Waals surface area (Å²) in [5, 5.41) is 12.1. The van der Waals surface area contributed by atoms with Crippen LogP contribution in [-0.2, 0) is 26.5 Å². The Morgan fingerprint density at radius 3 is 2.37 bits per heavy atom. The average Bonchev–Trinajstić information content (AvgIpc) is 3.64. The Morgan fingerprint density at radius 1 is 0.848 bits per heavy atom. The molecule has 0 spiro atoms. The molecule has 6 nitrogen and oxygen atoms in total. The number of benzene rings is 4. The van der Waals surface area contributed by atoms with Crippen molar-refractivity contribution in [3.63, 3.8) is 0 Å². The second kappa shape index (κ2) is 12.1. The Morgan fingerprint density at radius 2 is 1.61 bits per heavy atom. The van der Waals surface area contributed by atoms with E-state index in [4.69, 9.17) is 9.72 Å². The van der Waals surface area contributed by atoms with Crippen LogP contribution in [0.3, 0.4) is 0 Å². The van der Waals surface area contributed by atoms with Crippen LogP contribution in [0.2, 0.25) is 0 Å². The summed E-state index contributed by atoms with van der Waals surface area (Å²) in [6.07, 6.45) is 5.67. The minimum absolute atomic E-state index is 0. The van der Waals surface area contributed by atoms with Gasteiger partial charge in [-0.2, -0.15) is 5.26 Å². The number of nitrogens with zero attached hydrogens (tertiary/aromatic N) is 5. The van der Waals surface area contributed by atoms with Gasteiger partial charge < -0.3 is 13.9 Å². The number of rotatable bonds is 5. The quantitative estimate of drug-likeness (QED) is 0.164. The molecular weight excluding hydrogens is 750 g/mol. The van der Waals surface area contributed by atoms with Crippen LogP contribution in [-0.4, -0.2) is 19.1 Å². The molecule has 0 N–H and O–H groups in total. The van der Waals surface area contributed by atoms with Crippen LogP contribution in [0.1, 0.15) is 43.0 Å². The van der Waals surface area contributed by atoms with Gasteiger partial charge in [0, 0.05) is 28.9 Å². The molecular formula is C39H31N5OPt. The Labute approximate surface area is 283 Å². The molecule has 0 atom stereocenters. The van der Waals surface area contributed by atoms with Crippen LogP contribution in [0.25, 0.3) is 44.6 Å². The molecule has 0 bridgehead atoms. The maximum atomic E-state index is 10.3. The third kappa shape index (κ3) is 5.53. The smallest absolute Gasteiger partial charge is 0.503 e. The molecule has 7 heteroatoms. The standard InChI is InChI=1S/C39H31N5O.Pt/c1-25-10-8-11-26(2)38(25)43-23-33(42-24-43)27-12-9-13-30(18-27)45-31-19-28(22-40)37-32-14-6-7-15-34(32)44(35(37)21-31)36-20-29(16-17-41-36)39(3,4)5;/h6-17,19-20,23-24H,1-5H3;/q-2;+2. The zero-order valence-corrected chi connectivity index (χ0v) is 28.5. The Hall–Kier alpha value is -4.98. The number of hydrogen-bond acceptors (Lipinski definition) is 4. The van der Waals surface area contributed by atoms with Crippen molar-refractivity contribution >= 4 is 21.8 Å². The average molecular weight is 781 g/mol. The molecule has 0 radical (unpaired) electrons. The molecule has 3 aromatic heterocycles. The van der Waals surface area contributed by atoms with Crippen molar-refractivity contribution in [2.24, 2.45) is 0 Å². The molecule has 0 unspecified atom stereocenters. The van der Waals surface area contributed by atoms with E-state index in [9.17, 15) is 5.26 Å². The monoisotopic (exact) mass is 780 g/mol. The van der Waals surface area contributed by atoms with Crippen molar-refractivity contribution in [3.8, 4) is 40.3 Å². The van der Waals surface area contributed by atoms with Crippen molar-refractivity contribution in [2.75, 3.05) is 0 Å². The first-order valence-corrected chi connectivity index (χ1v) is 14.9. The Kier molecular flexibility index (Phi) is 8.15. The van der Waals surface area contributed by atoms with Gasteiger partial charge in [0.25, 0.3) is 0 Å². The maximum absolute atomic E-state index is 10.3. The fraction of sp³-hybridized carbons (Fsp3) is 0.154. The third-order valence-electron chi connectivity index (χ3n) is 8.17. The van der Waals surface area contributed by atoms with Crippen LogP contribution in [0.4, 0.5) is 0 Å². The molecule has 4 aromatic carbocycles. The zero-order valence-electron chi connectivity index (χ0n) is 26.2. The normalized spacial score (nSPS) is 11.4. The van der Waals surface area contributed by atoms with Crippen molar-refractivity contribution in [1.29, 1.82) is 5.26 Å². The number of ether oxygens (including phenoxy) is 1. The molecule has 0 aliphatic rings. The second-order valence-corrected chi connectivity index (χ2v) is 12.3. The molecule has 46 heavy (non-hydrogen) atoms. The summed E-state index contributed by atoms with van der Waals surface area (Å²) in [4.78, 5) is 9.42. The van der Waals surface area contributed by atoms with E-state index < -0.39 is 0 Å². The van der Waals surface area contributed by atoms with E-state index >= 15 is 0 Å². The third-order valence-corrected chi connectivity index (χ3v) is 8.17. The van der Waals surface area contributed by atoms with Gasteiger partial charge in [0.15, 0.2) is 0 Å². The zero-order chi connectivity index (χ0) is 31.3. The van der Waals surface area contributed by atoms with Gasteiger partial charge in [-0.05, 0) is 71.3 Å². The van der Waals surface area contributed by atoms with Gasteiger partial charge >= 0.3 is 21.1 Å². The first kappa shape index (κ1) is 31.0. The van der Waals surface area contributed by atoms with Crippen molar-refractivity contribution < 1.29 is 25.8 Å². The van der Waals surface area contributed by atoms with Gasteiger partial charge in [-0.3, -0.25) is 4.98 Å². The van der Waals surface area contributed by atoms with Crippen LogP contribution in [0.5, 0.6) is 11.5 Å². The number of imidazole rings is 1. The van der Waals surface area contributed by atoms with Crippen molar-refractivity contribution in [3.05, 3.63) is 132 Å². The van der Waals surface area contributed by atoms with E-state index in [-0.39, 0.29) is 26.5 Å². The number of aryl methyl sites for hydroxylation is 2. The molecule has 228 valence electrons. The molecule has 3 heterocycles. The number of hydrogen-bond donors (Lipinski definition) is 0. The fourth-order valence-corrected chi connectivity index (χ4v) is 5.95. The number of aromatic nitrogens is 4. The van der Waals surface area contributed by atoms with Gasteiger partial charge in [-0.1, -0.05) is 74.1 Å². The van der Waals surface area contributed by atoms with Crippen molar-refractivity contribution in [2.45, 2.75) is 40.0 Å². The maximum Gasteiger partial charge on any atom is 2.00 e. The van der Waals surface area contributed by atoms with Crippen LogP contribution < -0.4 is 4.74 Å². The summed E-state index contributed by atoms with van der Waals surface area (Å²) in [6.45, 7) is 10.7. The summed E-state index contributed by atoms with van der Waals surface area (Å²) in [5.74, 6) is 1.69. The first-order chi connectivity index (χ1) is 21.7. The van der Waals surface area contributed by atoms with E-state index in [1.54, 1.807) is 6.07 Å². The van der Waals surface area contributed by atoms with E-state index in [2.05, 4.69) is 86.6 Å². The van der Waals surface area contributed by atoms with E-state index in [1.165, 1.54) is 11.1 Å². The minimum atomic E-state index is -0.0539. The van der Waals surface area contributed by atoms with E-state index in [1.807, 2.05) is 71.8 Å². The van der Waals surface area contributed by atoms with Gasteiger partial charge in [-0.15, -0.1) is 35.9 Å². The summed E-state index contributed by atoms with van der Waals surface area (Å²) >= 11 is 0. The van der Waals surface area contributed by atoms with Gasteiger partial charge in [0.2, 0.25) is 0 Å². The van der Waals surface area contributed by atoms with Gasteiger partial charge in [0.05, 0.1) is 18.1 Å². The summed E-state index contributed by atoms with van der Waals surface area (Å²) in [7, 11) is 0. The minimum Gasteiger partial charge on any atom is -0.503 e. The van der Waals surface area contributed by atoms with E-state index in [0.29, 0.717) is 17.1 Å². The SMILES string of the molecule is Cc1cccc(C)c1-n1cnc(-c2[c-]c(Oc3[c-]c4c(c(C#N)c3)c3ccccc3n4-c3cc(C(C)(C)C)ccn3)ccc2)c1.[Pt+2]. The largest absolute Gasteiger partial charge is 2.00 e. The predicted octanol–water partition coefficient (Wildman–Crippen LogP) is 9.21. The molecule has 0 fully saturated rings. The fourth-order valence-electron chi connectivity index (χ4n) is 5.95. The molecule has 0 aliphatic heterocycles. The number of fused-ring (bicyclic) bond motifs is 3. The molecule has 0 saturated carbocycles. The molecule has 0 saturated heterocycles. The molecule has 0 amide bonds. The van der Waals surface area contributed by atoms with E-state index in [0.717, 1.165) is 50.1 Å². The Balaban J connectivity index is 0.00000372. The topological polar surface area (TPSA) is 68.7 Å². The molecule has 7 rings (SSSR count). The summed E-state index contributed by atoms with van der Waals surface area (Å²) < 4.78 is 10.5.